The Kier molecular flexibility index (Phi) is 9.04. The van der Waals surface area contributed by atoms with Crippen LogP contribution in [-0.4, -0.2) is 41.3 Å². The van der Waals surface area contributed by atoms with Crippen molar-refractivity contribution in [3.63, 3.8) is 0 Å². The zero-order valence-corrected chi connectivity index (χ0v) is 19.6. The van der Waals surface area contributed by atoms with Crippen molar-refractivity contribution in [1.29, 1.82) is 0 Å². The molecule has 5 nitrogen and oxygen atoms in total. The summed E-state index contributed by atoms with van der Waals surface area (Å²) in [7, 11) is 0. The molecule has 0 spiro atoms. The molecule has 33 heavy (non-hydrogen) atoms. The Hall–Kier alpha value is -3.15. The predicted molar refractivity (Wildman–Crippen MR) is 132 cm³/mol. The van der Waals surface area contributed by atoms with Crippen molar-refractivity contribution in [3.05, 3.63) is 66.1 Å². The van der Waals surface area contributed by atoms with Gasteiger partial charge in [0.2, 0.25) is 5.91 Å². The molecular formula is C27H34FN3O2. The van der Waals surface area contributed by atoms with Crippen LogP contribution in [-0.2, 0) is 4.79 Å². The lowest BCUT2D eigenvalue weighted by Gasteiger charge is -2.28. The Morgan fingerprint density at radius 3 is 2.18 bits per heavy atom. The number of nitrogens with zero attached hydrogens (tertiary/aromatic N) is 2. The Labute approximate surface area is 195 Å². The highest BCUT2D eigenvalue weighted by atomic mass is 19.1. The molecular weight excluding hydrogens is 417 g/mol. The number of carbonyl (C=O) groups is 2. The average molecular weight is 452 g/mol. The molecule has 1 aromatic heterocycles. The largest absolute Gasteiger partial charge is 0.351 e. The Balaban J connectivity index is 1.84. The van der Waals surface area contributed by atoms with E-state index in [1.165, 1.54) is 17.0 Å². The number of H-pyrrole nitrogens is 1. The second kappa shape index (κ2) is 12.2. The maximum Gasteiger partial charge on any atom is 0.275 e. The number of unbranched alkanes of at least 4 members (excludes halogenated alkanes) is 4. The van der Waals surface area contributed by atoms with E-state index in [2.05, 4.69) is 18.8 Å². The molecule has 0 aliphatic heterocycles. The highest BCUT2D eigenvalue weighted by Crippen LogP contribution is 2.21. The van der Waals surface area contributed by atoms with Gasteiger partial charge in [0, 0.05) is 29.7 Å². The monoisotopic (exact) mass is 451 g/mol. The molecule has 0 saturated carbocycles. The molecule has 6 heteroatoms. The SMILES string of the molecule is CCCCCN(CCCCC)C(=O)CN(C(=O)c1cc2cc(F)ccc2[nH]1)c1ccccc1. The van der Waals surface area contributed by atoms with Gasteiger partial charge in [-0.05, 0) is 49.2 Å². The molecule has 0 bridgehead atoms. The van der Waals surface area contributed by atoms with E-state index in [0.29, 0.717) is 35.4 Å². The molecule has 0 aliphatic carbocycles. The summed E-state index contributed by atoms with van der Waals surface area (Å²) in [5.74, 6) is -0.722. The molecule has 176 valence electrons. The van der Waals surface area contributed by atoms with Gasteiger partial charge in [0.25, 0.3) is 5.91 Å². The van der Waals surface area contributed by atoms with Crippen LogP contribution in [0.5, 0.6) is 0 Å². The van der Waals surface area contributed by atoms with E-state index < -0.39 is 0 Å². The number of hydrogen-bond acceptors (Lipinski definition) is 2. The number of benzene rings is 2. The van der Waals surface area contributed by atoms with E-state index in [-0.39, 0.29) is 24.2 Å². The highest BCUT2D eigenvalue weighted by molar-refractivity contribution is 6.09. The first-order valence-electron chi connectivity index (χ1n) is 12.0. The summed E-state index contributed by atoms with van der Waals surface area (Å²) < 4.78 is 13.6. The van der Waals surface area contributed by atoms with Crippen LogP contribution >= 0.6 is 0 Å². The predicted octanol–water partition coefficient (Wildman–Crippen LogP) is 6.16. The Morgan fingerprint density at radius 2 is 1.55 bits per heavy atom. The first-order valence-corrected chi connectivity index (χ1v) is 12.0. The summed E-state index contributed by atoms with van der Waals surface area (Å²) in [4.78, 5) is 33.3. The van der Waals surface area contributed by atoms with Gasteiger partial charge < -0.3 is 9.88 Å². The van der Waals surface area contributed by atoms with E-state index in [9.17, 15) is 14.0 Å². The minimum atomic E-state index is -0.356. The van der Waals surface area contributed by atoms with Gasteiger partial charge in [0.15, 0.2) is 0 Å². The van der Waals surface area contributed by atoms with Crippen LogP contribution in [0.4, 0.5) is 10.1 Å². The number of aromatic nitrogens is 1. The third kappa shape index (κ3) is 6.67. The number of aromatic amines is 1. The summed E-state index contributed by atoms with van der Waals surface area (Å²) in [6, 6.07) is 15.2. The van der Waals surface area contributed by atoms with E-state index in [1.54, 1.807) is 12.1 Å². The van der Waals surface area contributed by atoms with Crippen molar-refractivity contribution in [2.75, 3.05) is 24.5 Å². The molecule has 3 aromatic rings. The number of amides is 2. The number of halogens is 1. The van der Waals surface area contributed by atoms with Gasteiger partial charge in [-0.2, -0.15) is 0 Å². The summed E-state index contributed by atoms with van der Waals surface area (Å²) >= 11 is 0. The summed E-state index contributed by atoms with van der Waals surface area (Å²) in [6.45, 7) is 5.67. The molecule has 0 fully saturated rings. The molecule has 0 atom stereocenters. The van der Waals surface area contributed by atoms with Gasteiger partial charge in [0.1, 0.15) is 18.1 Å². The summed E-state index contributed by atoms with van der Waals surface area (Å²) in [5.41, 5.74) is 1.67. The minimum absolute atomic E-state index is 0.0369. The highest BCUT2D eigenvalue weighted by Gasteiger charge is 2.24. The van der Waals surface area contributed by atoms with Gasteiger partial charge in [0.05, 0.1) is 0 Å². The lowest BCUT2D eigenvalue weighted by Crippen LogP contribution is -2.44. The molecule has 0 radical (unpaired) electrons. The third-order valence-corrected chi connectivity index (χ3v) is 5.84. The molecule has 3 rings (SSSR count). The lowest BCUT2D eigenvalue weighted by molar-refractivity contribution is -0.129. The average Bonchev–Trinajstić information content (AvgIpc) is 3.25. The van der Waals surface area contributed by atoms with Gasteiger partial charge in [-0.3, -0.25) is 14.5 Å². The van der Waals surface area contributed by atoms with Crippen molar-refractivity contribution in [1.82, 2.24) is 9.88 Å². The molecule has 0 aliphatic rings. The Bertz CT molecular complexity index is 1040. The number of rotatable bonds is 12. The van der Waals surface area contributed by atoms with Crippen molar-refractivity contribution >= 4 is 28.4 Å². The maximum absolute atomic E-state index is 13.6. The van der Waals surface area contributed by atoms with E-state index in [1.807, 2.05) is 35.2 Å². The van der Waals surface area contributed by atoms with Crippen molar-refractivity contribution in [2.24, 2.45) is 0 Å². The quantitative estimate of drug-likeness (QED) is 0.335. The smallest absolute Gasteiger partial charge is 0.275 e. The van der Waals surface area contributed by atoms with Crippen LogP contribution < -0.4 is 4.90 Å². The fourth-order valence-corrected chi connectivity index (χ4v) is 3.95. The molecule has 0 saturated heterocycles. The van der Waals surface area contributed by atoms with Crippen molar-refractivity contribution in [3.8, 4) is 0 Å². The zero-order chi connectivity index (χ0) is 23.6. The number of fused-ring (bicyclic) bond motifs is 1. The first-order chi connectivity index (χ1) is 16.0. The number of anilines is 1. The van der Waals surface area contributed by atoms with Gasteiger partial charge in [-0.15, -0.1) is 0 Å². The van der Waals surface area contributed by atoms with Crippen molar-refractivity contribution in [2.45, 2.75) is 52.4 Å². The van der Waals surface area contributed by atoms with Crippen LogP contribution in [0.15, 0.2) is 54.6 Å². The zero-order valence-electron chi connectivity index (χ0n) is 19.6. The molecule has 0 unspecified atom stereocenters. The number of nitrogens with one attached hydrogen (secondary N) is 1. The normalized spacial score (nSPS) is 11.0. The van der Waals surface area contributed by atoms with E-state index >= 15 is 0 Å². The number of hydrogen-bond donors (Lipinski definition) is 1. The van der Waals surface area contributed by atoms with Gasteiger partial charge in [-0.25, -0.2) is 4.39 Å². The van der Waals surface area contributed by atoms with Gasteiger partial charge in [-0.1, -0.05) is 57.7 Å². The summed E-state index contributed by atoms with van der Waals surface area (Å²) in [6.07, 6.45) is 6.25. The van der Waals surface area contributed by atoms with Gasteiger partial charge >= 0.3 is 0 Å². The minimum Gasteiger partial charge on any atom is -0.351 e. The van der Waals surface area contributed by atoms with Crippen LogP contribution in [0.1, 0.15) is 62.9 Å². The van der Waals surface area contributed by atoms with Crippen LogP contribution in [0.2, 0.25) is 0 Å². The third-order valence-electron chi connectivity index (χ3n) is 5.84. The molecule has 1 heterocycles. The summed E-state index contributed by atoms with van der Waals surface area (Å²) in [5, 5.41) is 0.624. The maximum atomic E-state index is 13.6. The Morgan fingerprint density at radius 1 is 0.879 bits per heavy atom. The topological polar surface area (TPSA) is 56.4 Å². The van der Waals surface area contributed by atoms with Crippen LogP contribution in [0, 0.1) is 5.82 Å². The lowest BCUT2D eigenvalue weighted by atomic mass is 10.2. The van der Waals surface area contributed by atoms with E-state index in [0.717, 1.165) is 38.5 Å². The van der Waals surface area contributed by atoms with Crippen molar-refractivity contribution < 1.29 is 14.0 Å². The molecule has 2 amide bonds. The van der Waals surface area contributed by atoms with Crippen LogP contribution in [0.3, 0.4) is 0 Å². The number of para-hydroxylation sites is 1. The number of carbonyl (C=O) groups excluding carboxylic acids is 2. The second-order valence-corrected chi connectivity index (χ2v) is 8.44. The molecule has 2 aromatic carbocycles. The standard InChI is InChI=1S/C27H34FN3O2/c1-3-5-10-16-30(17-11-6-4-2)26(32)20-31(23-12-8-7-9-13-23)27(33)25-19-21-18-22(28)14-15-24(21)29-25/h7-9,12-15,18-19,29H,3-6,10-11,16-17,20H2,1-2H3. The first kappa shape index (κ1) is 24.5. The van der Waals surface area contributed by atoms with Crippen LogP contribution in [0.25, 0.3) is 10.9 Å². The fourth-order valence-electron chi connectivity index (χ4n) is 3.95. The van der Waals surface area contributed by atoms with E-state index in [4.69, 9.17) is 0 Å². The second-order valence-electron chi connectivity index (χ2n) is 8.44. The molecule has 1 N–H and O–H groups in total. The fraction of sp³-hybridized carbons (Fsp3) is 0.407.